The monoisotopic (exact) mass is 297 g/mol. The third-order valence-corrected chi connectivity index (χ3v) is 2.32. The zero-order valence-corrected chi connectivity index (χ0v) is 9.85. The Morgan fingerprint density at radius 1 is 1.05 bits per heavy atom. The summed E-state index contributed by atoms with van der Waals surface area (Å²) in [6.45, 7) is 0. The van der Waals surface area contributed by atoms with Crippen LogP contribution < -0.4 is 5.73 Å². The summed E-state index contributed by atoms with van der Waals surface area (Å²) in [5.74, 6) is -0.862. The second-order valence-corrected chi connectivity index (χ2v) is 3.84. The Kier molecular flexibility index (Phi) is 4.46. The summed E-state index contributed by atoms with van der Waals surface area (Å²) in [6.07, 6.45) is -8.86. The minimum atomic E-state index is -4.94. The van der Waals surface area contributed by atoms with Gasteiger partial charge in [0.1, 0.15) is 0 Å². The van der Waals surface area contributed by atoms with Crippen LogP contribution in [0.1, 0.15) is 23.1 Å². The van der Waals surface area contributed by atoms with Crippen LogP contribution in [0.4, 0.5) is 26.3 Å². The second kappa shape index (κ2) is 5.56. The predicted molar refractivity (Wildman–Crippen MR) is 59.3 cm³/mol. The van der Waals surface area contributed by atoms with E-state index < -0.39 is 41.4 Å². The van der Waals surface area contributed by atoms with Crippen molar-refractivity contribution in [3.05, 3.63) is 41.0 Å². The molecule has 0 fully saturated rings. The number of benzene rings is 1. The maximum absolute atomic E-state index is 12.7. The number of halogens is 6. The molecule has 2 N–H and O–H groups in total. The largest absolute Gasteiger partial charge is 0.417 e. The van der Waals surface area contributed by atoms with Crippen LogP contribution in [0.2, 0.25) is 0 Å². The molecule has 0 aromatic heterocycles. The minimum absolute atomic E-state index is 0.455. The van der Waals surface area contributed by atoms with Crippen LogP contribution in [0.25, 0.3) is 6.08 Å². The Morgan fingerprint density at radius 3 is 1.85 bits per heavy atom. The van der Waals surface area contributed by atoms with Crippen molar-refractivity contribution in [2.75, 3.05) is 0 Å². The first kappa shape index (κ1) is 16.1. The predicted octanol–water partition coefficient (Wildman–Crippen LogP) is 3.61. The fourth-order valence-corrected chi connectivity index (χ4v) is 1.53. The zero-order valence-electron chi connectivity index (χ0n) is 9.85. The van der Waals surface area contributed by atoms with Crippen molar-refractivity contribution in [1.82, 2.24) is 0 Å². The van der Waals surface area contributed by atoms with Gasteiger partial charge in [0.25, 0.3) is 0 Å². The molecule has 1 aromatic carbocycles. The summed E-state index contributed by atoms with van der Waals surface area (Å²) < 4.78 is 76.3. The highest BCUT2D eigenvalue weighted by Gasteiger charge is 2.39. The summed E-state index contributed by atoms with van der Waals surface area (Å²) >= 11 is 0. The topological polar surface area (TPSA) is 43.1 Å². The van der Waals surface area contributed by atoms with Gasteiger partial charge in [-0.2, -0.15) is 26.3 Å². The molecule has 2 nitrogen and oxygen atoms in total. The molecule has 0 saturated carbocycles. The highest BCUT2D eigenvalue weighted by atomic mass is 19.4. The highest BCUT2D eigenvalue weighted by Crippen LogP contribution is 2.39. The summed E-state index contributed by atoms with van der Waals surface area (Å²) in [7, 11) is 0. The summed E-state index contributed by atoms with van der Waals surface area (Å²) in [5.41, 5.74) is 0.890. The molecule has 0 saturated heterocycles. The van der Waals surface area contributed by atoms with Crippen molar-refractivity contribution < 1.29 is 31.1 Å². The summed E-state index contributed by atoms with van der Waals surface area (Å²) in [5, 5.41) is 0. The molecule has 1 rings (SSSR count). The first-order chi connectivity index (χ1) is 9.03. The maximum Gasteiger partial charge on any atom is 0.417 e. The van der Waals surface area contributed by atoms with Crippen LogP contribution in [-0.4, -0.2) is 5.91 Å². The van der Waals surface area contributed by atoms with E-state index in [2.05, 4.69) is 0 Å². The quantitative estimate of drug-likeness (QED) is 0.851. The van der Waals surface area contributed by atoms with E-state index in [1.807, 2.05) is 0 Å². The van der Waals surface area contributed by atoms with E-state index in [0.29, 0.717) is 24.3 Å². The lowest BCUT2D eigenvalue weighted by Gasteiger charge is -2.16. The van der Waals surface area contributed by atoms with Gasteiger partial charge in [0.15, 0.2) is 0 Å². The number of hydrogen-bond donors (Lipinski definition) is 1. The molecular weight excluding hydrogens is 288 g/mol. The fourth-order valence-electron chi connectivity index (χ4n) is 1.53. The lowest BCUT2D eigenvalue weighted by molar-refractivity contribution is -0.143. The molecule has 1 aromatic rings. The van der Waals surface area contributed by atoms with Crippen molar-refractivity contribution in [2.24, 2.45) is 5.73 Å². The molecular formula is C12H9F6NO. The van der Waals surface area contributed by atoms with Gasteiger partial charge >= 0.3 is 12.4 Å². The van der Waals surface area contributed by atoms with Crippen molar-refractivity contribution in [1.29, 1.82) is 0 Å². The average Bonchev–Trinajstić information content (AvgIpc) is 2.25. The number of rotatable bonds is 3. The van der Waals surface area contributed by atoms with Gasteiger partial charge < -0.3 is 5.73 Å². The number of primary amides is 1. The minimum Gasteiger partial charge on any atom is -0.369 e. The van der Waals surface area contributed by atoms with Crippen molar-refractivity contribution in [2.45, 2.75) is 18.8 Å². The molecule has 20 heavy (non-hydrogen) atoms. The van der Waals surface area contributed by atoms with Crippen LogP contribution in [0.15, 0.2) is 24.3 Å². The fraction of sp³-hybridized carbons (Fsp3) is 0.250. The van der Waals surface area contributed by atoms with Crippen LogP contribution in [0, 0.1) is 0 Å². The van der Waals surface area contributed by atoms with Gasteiger partial charge in [0, 0.05) is 6.42 Å². The number of amides is 1. The smallest absolute Gasteiger partial charge is 0.369 e. The molecule has 0 aliphatic heterocycles. The van der Waals surface area contributed by atoms with E-state index in [4.69, 9.17) is 5.73 Å². The first-order valence-corrected chi connectivity index (χ1v) is 5.25. The number of nitrogens with two attached hydrogens (primary N) is 1. The van der Waals surface area contributed by atoms with Crippen LogP contribution in [0.3, 0.4) is 0 Å². The van der Waals surface area contributed by atoms with Gasteiger partial charge in [-0.05, 0) is 17.7 Å². The first-order valence-electron chi connectivity index (χ1n) is 5.25. The Hall–Kier alpha value is -1.99. The van der Waals surface area contributed by atoms with Crippen molar-refractivity contribution in [3.63, 3.8) is 0 Å². The second-order valence-electron chi connectivity index (χ2n) is 3.84. The Bertz CT molecular complexity index is 497. The third kappa shape index (κ3) is 4.01. The van der Waals surface area contributed by atoms with E-state index in [9.17, 15) is 31.1 Å². The Labute approximate surface area is 109 Å². The van der Waals surface area contributed by atoms with Gasteiger partial charge in [-0.3, -0.25) is 4.79 Å². The molecule has 0 aliphatic carbocycles. The molecule has 0 unspecified atom stereocenters. The molecule has 0 atom stereocenters. The normalized spacial score (nSPS) is 12.9. The maximum atomic E-state index is 12.7. The van der Waals surface area contributed by atoms with Gasteiger partial charge in [-0.15, -0.1) is 0 Å². The number of alkyl halides is 6. The van der Waals surface area contributed by atoms with E-state index in [0.717, 1.165) is 6.08 Å². The number of carbonyl (C=O) groups is 1. The number of carbonyl (C=O) groups excluding carboxylic acids is 1. The van der Waals surface area contributed by atoms with Crippen molar-refractivity contribution >= 4 is 12.0 Å². The average molecular weight is 297 g/mol. The van der Waals surface area contributed by atoms with E-state index in [-0.39, 0.29) is 0 Å². The third-order valence-electron chi connectivity index (χ3n) is 2.32. The van der Waals surface area contributed by atoms with Gasteiger partial charge in [-0.1, -0.05) is 18.2 Å². The molecule has 0 spiro atoms. The molecule has 0 bridgehead atoms. The molecule has 8 heteroatoms. The lowest BCUT2D eigenvalue weighted by Crippen LogP contribution is -2.14. The number of hydrogen-bond acceptors (Lipinski definition) is 1. The van der Waals surface area contributed by atoms with Gasteiger partial charge in [-0.25, -0.2) is 0 Å². The molecule has 1 amide bonds. The molecule has 0 radical (unpaired) electrons. The van der Waals surface area contributed by atoms with Gasteiger partial charge in [0.05, 0.1) is 11.1 Å². The molecule has 0 heterocycles. The van der Waals surface area contributed by atoms with Crippen LogP contribution in [-0.2, 0) is 17.1 Å². The zero-order chi connectivity index (χ0) is 15.6. The van der Waals surface area contributed by atoms with E-state index in [1.54, 1.807) is 0 Å². The van der Waals surface area contributed by atoms with Crippen LogP contribution >= 0.6 is 0 Å². The highest BCUT2D eigenvalue weighted by molar-refractivity contribution is 5.77. The summed E-state index contributed by atoms with van der Waals surface area (Å²) in [6, 6.07) is 1.76. The Balaban J connectivity index is 3.41. The van der Waals surface area contributed by atoms with Crippen molar-refractivity contribution in [3.8, 4) is 0 Å². The van der Waals surface area contributed by atoms with Gasteiger partial charge in [0.2, 0.25) is 5.91 Å². The van der Waals surface area contributed by atoms with E-state index in [1.165, 1.54) is 0 Å². The standard InChI is InChI=1S/C12H9F6NO/c13-11(14,15)8-4-2-5-9(12(16,17)18)7(8)3-1-6-10(19)20/h1-5H,6H2,(H2,19,20). The summed E-state index contributed by atoms with van der Waals surface area (Å²) in [4.78, 5) is 10.5. The van der Waals surface area contributed by atoms with Crippen LogP contribution in [0.5, 0.6) is 0 Å². The van der Waals surface area contributed by atoms with E-state index >= 15 is 0 Å². The Morgan fingerprint density at radius 2 is 1.50 bits per heavy atom. The molecule has 0 aliphatic rings. The lowest BCUT2D eigenvalue weighted by atomic mass is 9.99. The molecule has 110 valence electrons. The SMILES string of the molecule is NC(=O)CC=Cc1c(C(F)(F)F)cccc1C(F)(F)F.